The van der Waals surface area contributed by atoms with Gasteiger partial charge in [-0.25, -0.2) is 9.97 Å². The van der Waals surface area contributed by atoms with Crippen molar-refractivity contribution < 1.29 is 0 Å². The lowest BCUT2D eigenvalue weighted by atomic mass is 10.5. The lowest BCUT2D eigenvalue weighted by molar-refractivity contribution is 0.789. The van der Waals surface area contributed by atoms with Gasteiger partial charge < -0.3 is 8.97 Å². The molecule has 0 fully saturated rings. The molecule has 0 bridgehead atoms. The summed E-state index contributed by atoms with van der Waals surface area (Å²) in [7, 11) is 1.98. The average molecular weight is 279 g/mol. The highest BCUT2D eigenvalue weighted by Gasteiger charge is 2.05. The van der Waals surface area contributed by atoms with E-state index in [1.165, 1.54) is 0 Å². The Morgan fingerprint density at radius 1 is 1.33 bits per heavy atom. The first-order valence-corrected chi connectivity index (χ1v) is 6.82. The highest BCUT2D eigenvalue weighted by Crippen LogP contribution is 2.20. The van der Waals surface area contributed by atoms with Crippen LogP contribution in [0.25, 0.3) is 5.65 Å². The first-order chi connectivity index (χ1) is 8.72. The van der Waals surface area contributed by atoms with Gasteiger partial charge in [0, 0.05) is 37.6 Å². The summed E-state index contributed by atoms with van der Waals surface area (Å²) >= 11 is 7.61. The molecule has 0 aromatic carbocycles. The van der Waals surface area contributed by atoms with Crippen LogP contribution in [-0.4, -0.2) is 18.9 Å². The van der Waals surface area contributed by atoms with Gasteiger partial charge in [0.2, 0.25) is 0 Å². The second-order valence-electron chi connectivity index (χ2n) is 3.95. The zero-order chi connectivity index (χ0) is 12.5. The number of halogens is 1. The summed E-state index contributed by atoms with van der Waals surface area (Å²) in [4.78, 5) is 8.80. The zero-order valence-electron chi connectivity index (χ0n) is 9.75. The fourth-order valence-corrected chi connectivity index (χ4v) is 2.70. The molecule has 0 aliphatic rings. The lowest BCUT2D eigenvalue weighted by Crippen LogP contribution is -1.89. The van der Waals surface area contributed by atoms with E-state index >= 15 is 0 Å². The summed E-state index contributed by atoms with van der Waals surface area (Å²) in [5, 5.41) is 1.70. The number of rotatable bonds is 3. The quantitative estimate of drug-likeness (QED) is 0.691. The van der Waals surface area contributed by atoms with Crippen molar-refractivity contribution in [3.63, 3.8) is 0 Å². The molecule has 0 unspecified atom stereocenters. The third-order valence-electron chi connectivity index (χ3n) is 2.59. The maximum atomic E-state index is 5.94. The highest BCUT2D eigenvalue weighted by atomic mass is 35.5. The van der Waals surface area contributed by atoms with Gasteiger partial charge in [0.1, 0.15) is 5.65 Å². The Morgan fingerprint density at radius 3 is 3.00 bits per heavy atom. The van der Waals surface area contributed by atoms with Crippen LogP contribution < -0.4 is 0 Å². The molecule has 3 aromatic heterocycles. The molecule has 0 atom stereocenters. The molecule has 0 spiro atoms. The minimum atomic E-state index is 0.711. The van der Waals surface area contributed by atoms with Gasteiger partial charge in [0.15, 0.2) is 5.16 Å². The van der Waals surface area contributed by atoms with Crippen molar-refractivity contribution in [2.45, 2.75) is 10.9 Å². The number of pyridine rings is 1. The van der Waals surface area contributed by atoms with E-state index in [9.17, 15) is 0 Å². The van der Waals surface area contributed by atoms with E-state index in [1.807, 2.05) is 46.7 Å². The van der Waals surface area contributed by atoms with Crippen LogP contribution in [0, 0.1) is 0 Å². The monoisotopic (exact) mass is 278 g/mol. The van der Waals surface area contributed by atoms with Gasteiger partial charge in [-0.2, -0.15) is 0 Å². The van der Waals surface area contributed by atoms with Crippen molar-refractivity contribution in [3.8, 4) is 0 Å². The van der Waals surface area contributed by atoms with Crippen LogP contribution in [0.4, 0.5) is 0 Å². The molecule has 0 aliphatic carbocycles. The third kappa shape index (κ3) is 2.23. The Bertz CT molecular complexity index is 688. The van der Waals surface area contributed by atoms with Crippen LogP contribution in [0.3, 0.4) is 0 Å². The first kappa shape index (κ1) is 11.6. The number of thioether (sulfide) groups is 1. The van der Waals surface area contributed by atoms with Crippen LogP contribution in [0.2, 0.25) is 5.02 Å². The normalized spacial score (nSPS) is 11.2. The molecule has 18 heavy (non-hydrogen) atoms. The van der Waals surface area contributed by atoms with Crippen molar-refractivity contribution in [2.75, 3.05) is 0 Å². The van der Waals surface area contributed by atoms with Gasteiger partial charge in [0.25, 0.3) is 0 Å². The van der Waals surface area contributed by atoms with E-state index in [1.54, 1.807) is 18.0 Å². The predicted octanol–water partition coefficient (Wildman–Crippen LogP) is 3.01. The van der Waals surface area contributed by atoms with Gasteiger partial charge >= 0.3 is 0 Å². The van der Waals surface area contributed by atoms with Gasteiger partial charge in [-0.1, -0.05) is 23.4 Å². The molecule has 0 amide bonds. The second-order valence-corrected chi connectivity index (χ2v) is 5.33. The number of hydrogen-bond donors (Lipinski definition) is 0. The van der Waals surface area contributed by atoms with Crippen LogP contribution in [0.1, 0.15) is 5.69 Å². The Kier molecular flexibility index (Phi) is 3.01. The van der Waals surface area contributed by atoms with Crippen molar-refractivity contribution in [1.82, 2.24) is 18.9 Å². The van der Waals surface area contributed by atoms with Crippen molar-refractivity contribution in [1.29, 1.82) is 0 Å². The van der Waals surface area contributed by atoms with E-state index in [0.717, 1.165) is 22.3 Å². The summed E-state index contributed by atoms with van der Waals surface area (Å²) in [5.41, 5.74) is 1.93. The molecular formula is C12H11ClN4S. The van der Waals surface area contributed by atoms with E-state index in [0.29, 0.717) is 5.02 Å². The van der Waals surface area contributed by atoms with E-state index in [-0.39, 0.29) is 0 Å². The second kappa shape index (κ2) is 4.66. The van der Waals surface area contributed by atoms with Gasteiger partial charge in [-0.05, 0) is 12.1 Å². The van der Waals surface area contributed by atoms with Crippen molar-refractivity contribution in [2.24, 2.45) is 7.05 Å². The highest BCUT2D eigenvalue weighted by molar-refractivity contribution is 7.98. The first-order valence-electron chi connectivity index (χ1n) is 5.45. The Labute approximate surface area is 114 Å². The van der Waals surface area contributed by atoms with Gasteiger partial charge in [-0.15, -0.1) is 0 Å². The summed E-state index contributed by atoms with van der Waals surface area (Å²) in [5.74, 6) is 0.796. The van der Waals surface area contributed by atoms with Crippen LogP contribution in [0.15, 0.2) is 42.1 Å². The number of nitrogens with zero attached hydrogens (tertiary/aromatic N) is 4. The number of fused-ring (bicyclic) bond motifs is 1. The topological polar surface area (TPSA) is 35.1 Å². The molecule has 3 rings (SSSR count). The summed E-state index contributed by atoms with van der Waals surface area (Å²) in [6.07, 6.45) is 7.59. The molecule has 0 N–H and O–H groups in total. The van der Waals surface area contributed by atoms with Gasteiger partial charge in [0.05, 0.1) is 10.7 Å². The minimum absolute atomic E-state index is 0.711. The predicted molar refractivity (Wildman–Crippen MR) is 73.0 cm³/mol. The molecule has 0 saturated heterocycles. The molecule has 0 radical (unpaired) electrons. The molecule has 0 aliphatic heterocycles. The van der Waals surface area contributed by atoms with Crippen LogP contribution >= 0.6 is 23.4 Å². The fourth-order valence-electron chi connectivity index (χ4n) is 1.72. The molecule has 0 saturated carbocycles. The van der Waals surface area contributed by atoms with Gasteiger partial charge in [-0.3, -0.25) is 0 Å². The number of hydrogen-bond acceptors (Lipinski definition) is 3. The number of aromatic nitrogens is 4. The lowest BCUT2D eigenvalue weighted by Gasteiger charge is -1.98. The SMILES string of the molecule is Cn1ccnc1SCc1cn2cc(Cl)ccc2n1. The molecule has 4 nitrogen and oxygen atoms in total. The molecular weight excluding hydrogens is 268 g/mol. The Morgan fingerprint density at radius 2 is 2.22 bits per heavy atom. The van der Waals surface area contributed by atoms with E-state index in [4.69, 9.17) is 11.6 Å². The minimum Gasteiger partial charge on any atom is -0.329 e. The fraction of sp³-hybridized carbons (Fsp3) is 0.167. The molecule has 3 heterocycles. The van der Waals surface area contributed by atoms with Crippen LogP contribution in [-0.2, 0) is 12.8 Å². The van der Waals surface area contributed by atoms with Crippen molar-refractivity contribution in [3.05, 3.63) is 47.6 Å². The average Bonchev–Trinajstić information content (AvgIpc) is 2.92. The van der Waals surface area contributed by atoms with Crippen molar-refractivity contribution >= 4 is 29.0 Å². The van der Waals surface area contributed by atoms with Crippen LogP contribution in [0.5, 0.6) is 0 Å². The Balaban J connectivity index is 1.81. The largest absolute Gasteiger partial charge is 0.329 e. The molecule has 6 heteroatoms. The van der Waals surface area contributed by atoms with E-state index in [2.05, 4.69) is 9.97 Å². The molecule has 92 valence electrons. The Hall–Kier alpha value is -1.46. The number of imidazole rings is 2. The summed E-state index contributed by atoms with van der Waals surface area (Å²) < 4.78 is 3.94. The maximum Gasteiger partial charge on any atom is 0.168 e. The van der Waals surface area contributed by atoms with E-state index < -0.39 is 0 Å². The molecule has 3 aromatic rings. The zero-order valence-corrected chi connectivity index (χ0v) is 11.3. The summed E-state index contributed by atoms with van der Waals surface area (Å²) in [6.45, 7) is 0. The maximum absolute atomic E-state index is 5.94. The third-order valence-corrected chi connectivity index (χ3v) is 3.91. The number of aryl methyl sites for hydroxylation is 1. The summed E-state index contributed by atoms with van der Waals surface area (Å²) in [6, 6.07) is 3.76. The standard InChI is InChI=1S/C12H11ClN4S/c1-16-5-4-14-12(16)18-8-10-7-17-6-9(13)2-3-11(17)15-10/h2-7H,8H2,1H3. The smallest absolute Gasteiger partial charge is 0.168 e.